The third-order valence-electron chi connectivity index (χ3n) is 4.26. The van der Waals surface area contributed by atoms with Gasteiger partial charge in [0.25, 0.3) is 0 Å². The van der Waals surface area contributed by atoms with E-state index in [0.29, 0.717) is 11.5 Å². The number of aryl methyl sites for hydroxylation is 2. The zero-order valence-electron chi connectivity index (χ0n) is 16.2. The molecular weight excluding hydrogens is 286 g/mol. The van der Waals surface area contributed by atoms with Crippen molar-refractivity contribution in [3.05, 3.63) is 17.0 Å². The molecule has 0 aliphatic carbocycles. The Morgan fingerprint density at radius 2 is 1.96 bits per heavy atom. The number of hydrogen-bond acceptors (Lipinski definition) is 2. The first kappa shape index (κ1) is 19.5. The molecule has 0 radical (unpaired) electrons. The largest absolute Gasteiger partial charge is 0.356 e. The maximum atomic E-state index is 4.47. The van der Waals surface area contributed by atoms with E-state index in [-0.39, 0.29) is 0 Å². The second-order valence-corrected chi connectivity index (χ2v) is 7.67. The average molecular weight is 322 g/mol. The summed E-state index contributed by atoms with van der Waals surface area (Å²) in [6, 6.07) is 0.419. The SMILES string of the molecule is CN=C(NCCc1c(C)nn(C)c1C)NC(C)CCC(C)(C)C. The van der Waals surface area contributed by atoms with Crippen molar-refractivity contribution in [3.8, 4) is 0 Å². The van der Waals surface area contributed by atoms with Crippen molar-refractivity contribution in [1.82, 2.24) is 20.4 Å². The van der Waals surface area contributed by atoms with E-state index in [1.54, 1.807) is 0 Å². The monoisotopic (exact) mass is 321 g/mol. The molecule has 5 heteroatoms. The van der Waals surface area contributed by atoms with E-state index in [2.05, 4.69) is 62.3 Å². The lowest BCUT2D eigenvalue weighted by molar-refractivity contribution is 0.346. The van der Waals surface area contributed by atoms with Gasteiger partial charge in [0.15, 0.2) is 5.96 Å². The van der Waals surface area contributed by atoms with Gasteiger partial charge in [-0.3, -0.25) is 9.67 Å². The van der Waals surface area contributed by atoms with Gasteiger partial charge in [-0.15, -0.1) is 0 Å². The first-order valence-electron chi connectivity index (χ1n) is 8.60. The Morgan fingerprint density at radius 3 is 2.43 bits per heavy atom. The summed E-state index contributed by atoms with van der Waals surface area (Å²) in [6.07, 6.45) is 3.31. The summed E-state index contributed by atoms with van der Waals surface area (Å²) in [6.45, 7) is 14.1. The second-order valence-electron chi connectivity index (χ2n) is 7.67. The van der Waals surface area contributed by atoms with Gasteiger partial charge < -0.3 is 10.6 Å². The number of aromatic nitrogens is 2. The minimum Gasteiger partial charge on any atom is -0.356 e. The van der Waals surface area contributed by atoms with Gasteiger partial charge >= 0.3 is 0 Å². The third kappa shape index (κ3) is 6.63. The Balaban J connectivity index is 2.42. The molecule has 0 saturated heterocycles. The molecule has 1 unspecified atom stereocenters. The predicted molar refractivity (Wildman–Crippen MR) is 99.0 cm³/mol. The van der Waals surface area contributed by atoms with Crippen LogP contribution in [-0.2, 0) is 13.5 Å². The van der Waals surface area contributed by atoms with Gasteiger partial charge in [0.1, 0.15) is 0 Å². The molecule has 5 nitrogen and oxygen atoms in total. The van der Waals surface area contributed by atoms with Crippen molar-refractivity contribution in [2.45, 2.75) is 66.8 Å². The highest BCUT2D eigenvalue weighted by Gasteiger charge is 2.13. The van der Waals surface area contributed by atoms with E-state index in [1.807, 2.05) is 18.8 Å². The van der Waals surface area contributed by atoms with Crippen LogP contribution in [0.15, 0.2) is 4.99 Å². The lowest BCUT2D eigenvalue weighted by Crippen LogP contribution is -2.43. The highest BCUT2D eigenvalue weighted by atomic mass is 15.3. The van der Waals surface area contributed by atoms with Crippen molar-refractivity contribution in [3.63, 3.8) is 0 Å². The molecule has 1 atom stereocenters. The molecule has 2 N–H and O–H groups in total. The van der Waals surface area contributed by atoms with Gasteiger partial charge in [0, 0.05) is 32.4 Å². The molecule has 0 amide bonds. The molecule has 0 aliphatic rings. The van der Waals surface area contributed by atoms with Crippen LogP contribution in [0.25, 0.3) is 0 Å². The second kappa shape index (κ2) is 8.37. The zero-order valence-corrected chi connectivity index (χ0v) is 16.2. The van der Waals surface area contributed by atoms with Crippen LogP contribution in [0.2, 0.25) is 0 Å². The molecule has 1 heterocycles. The van der Waals surface area contributed by atoms with Crippen molar-refractivity contribution in [2.75, 3.05) is 13.6 Å². The highest BCUT2D eigenvalue weighted by molar-refractivity contribution is 5.79. The van der Waals surface area contributed by atoms with Gasteiger partial charge in [0.2, 0.25) is 0 Å². The molecule has 1 rings (SSSR count). The maximum absolute atomic E-state index is 4.47. The summed E-state index contributed by atoms with van der Waals surface area (Å²) in [7, 11) is 3.82. The Bertz CT molecular complexity index is 522. The van der Waals surface area contributed by atoms with E-state index in [9.17, 15) is 0 Å². The van der Waals surface area contributed by atoms with E-state index in [0.717, 1.165) is 31.0 Å². The molecule has 0 saturated carbocycles. The van der Waals surface area contributed by atoms with Crippen molar-refractivity contribution in [2.24, 2.45) is 17.5 Å². The fourth-order valence-corrected chi connectivity index (χ4v) is 2.63. The summed E-state index contributed by atoms with van der Waals surface area (Å²) in [5.41, 5.74) is 4.07. The van der Waals surface area contributed by atoms with Crippen LogP contribution < -0.4 is 10.6 Å². The summed E-state index contributed by atoms with van der Waals surface area (Å²) in [5.74, 6) is 0.880. The minimum absolute atomic E-state index is 0.377. The number of nitrogens with one attached hydrogen (secondary N) is 2. The van der Waals surface area contributed by atoms with Crippen LogP contribution in [0.1, 0.15) is 57.5 Å². The highest BCUT2D eigenvalue weighted by Crippen LogP contribution is 2.21. The third-order valence-corrected chi connectivity index (χ3v) is 4.26. The summed E-state index contributed by atoms with van der Waals surface area (Å²) < 4.78 is 1.95. The van der Waals surface area contributed by atoms with E-state index >= 15 is 0 Å². The molecule has 1 aromatic rings. The van der Waals surface area contributed by atoms with Crippen molar-refractivity contribution >= 4 is 5.96 Å². The Morgan fingerprint density at radius 1 is 1.30 bits per heavy atom. The predicted octanol–water partition coefficient (Wildman–Crippen LogP) is 2.96. The topological polar surface area (TPSA) is 54.2 Å². The standard InChI is InChI=1S/C18H35N5/c1-13(9-11-18(4,5)6)21-17(19-7)20-12-10-16-14(2)22-23(8)15(16)3/h13H,9-12H2,1-8H3,(H2,19,20,21). The van der Waals surface area contributed by atoms with E-state index < -0.39 is 0 Å². The summed E-state index contributed by atoms with van der Waals surface area (Å²) in [5, 5.41) is 11.4. The van der Waals surface area contributed by atoms with Crippen LogP contribution in [0.3, 0.4) is 0 Å². The molecule has 132 valence electrons. The molecule has 1 aromatic heterocycles. The maximum Gasteiger partial charge on any atom is 0.191 e. The van der Waals surface area contributed by atoms with Crippen molar-refractivity contribution in [1.29, 1.82) is 0 Å². The minimum atomic E-state index is 0.377. The van der Waals surface area contributed by atoms with Crippen LogP contribution in [-0.4, -0.2) is 35.4 Å². The fourth-order valence-electron chi connectivity index (χ4n) is 2.63. The number of nitrogens with zero attached hydrogens (tertiary/aromatic N) is 3. The molecule has 0 fully saturated rings. The van der Waals surface area contributed by atoms with Crippen LogP contribution in [0.4, 0.5) is 0 Å². The lowest BCUT2D eigenvalue weighted by Gasteiger charge is -2.23. The molecule has 0 aliphatic heterocycles. The van der Waals surface area contributed by atoms with Crippen molar-refractivity contribution < 1.29 is 0 Å². The summed E-state index contributed by atoms with van der Waals surface area (Å²) in [4.78, 5) is 4.33. The first-order chi connectivity index (χ1) is 10.6. The van der Waals surface area contributed by atoms with Crippen LogP contribution in [0, 0.1) is 19.3 Å². The molecule has 0 aromatic carbocycles. The quantitative estimate of drug-likeness (QED) is 0.625. The number of rotatable bonds is 6. The Labute approximate surface area is 142 Å². The summed E-state index contributed by atoms with van der Waals surface area (Å²) >= 11 is 0. The fraction of sp³-hybridized carbons (Fsp3) is 0.778. The first-order valence-corrected chi connectivity index (χ1v) is 8.60. The molecular formula is C18H35N5. The molecule has 0 bridgehead atoms. The van der Waals surface area contributed by atoms with Crippen LogP contribution in [0.5, 0.6) is 0 Å². The van der Waals surface area contributed by atoms with Gasteiger partial charge in [-0.25, -0.2) is 0 Å². The molecule has 0 spiro atoms. The zero-order chi connectivity index (χ0) is 17.6. The smallest absolute Gasteiger partial charge is 0.191 e. The molecule has 23 heavy (non-hydrogen) atoms. The van der Waals surface area contributed by atoms with Gasteiger partial charge in [-0.1, -0.05) is 20.8 Å². The van der Waals surface area contributed by atoms with Gasteiger partial charge in [0.05, 0.1) is 5.69 Å². The number of guanidine groups is 1. The number of aliphatic imine (C=N–C) groups is 1. The Hall–Kier alpha value is -1.52. The van der Waals surface area contributed by atoms with Gasteiger partial charge in [-0.05, 0) is 51.0 Å². The van der Waals surface area contributed by atoms with Crippen LogP contribution >= 0.6 is 0 Å². The average Bonchev–Trinajstić information content (AvgIpc) is 2.69. The van der Waals surface area contributed by atoms with Gasteiger partial charge in [-0.2, -0.15) is 5.10 Å². The van der Waals surface area contributed by atoms with E-state index in [4.69, 9.17) is 0 Å². The lowest BCUT2D eigenvalue weighted by atomic mass is 9.89. The Kier molecular flexibility index (Phi) is 7.10. The normalized spacial score (nSPS) is 14.0. The number of hydrogen-bond donors (Lipinski definition) is 2. The van der Waals surface area contributed by atoms with E-state index in [1.165, 1.54) is 17.7 Å².